The van der Waals surface area contributed by atoms with E-state index in [0.29, 0.717) is 0 Å². The number of hydrogen-bond donors (Lipinski definition) is 0. The summed E-state index contributed by atoms with van der Waals surface area (Å²) >= 11 is 0. The normalized spacial score (nSPS) is 8.75. The van der Waals surface area contributed by atoms with Crippen molar-refractivity contribution in [1.29, 1.82) is 0 Å². The molecule has 0 rings (SSSR count). The molecule has 0 heterocycles. The molecule has 0 saturated heterocycles. The van der Waals surface area contributed by atoms with Crippen molar-refractivity contribution < 1.29 is 0 Å². The highest BCUT2D eigenvalue weighted by Gasteiger charge is 1.76. The molecular formula is C3H9B. The van der Waals surface area contributed by atoms with Gasteiger partial charge in [-0.25, -0.2) is 0 Å². The van der Waals surface area contributed by atoms with Crippen LogP contribution in [0.5, 0.6) is 0 Å². The Morgan fingerprint density at radius 3 is 1.50 bits per heavy atom. The summed E-state index contributed by atoms with van der Waals surface area (Å²) in [6.45, 7) is 8.00. The van der Waals surface area contributed by atoms with E-state index in [1.54, 1.807) is 0 Å². The monoisotopic (exact) mass is 56.1 g/mol. The summed E-state index contributed by atoms with van der Waals surface area (Å²) < 4.78 is 0. The smallest absolute Gasteiger partial charge is 0.148 e. The van der Waals surface area contributed by atoms with E-state index in [1.165, 1.54) is 0 Å². The third kappa shape index (κ3) is 400. The zero-order chi connectivity index (χ0) is 3.58. The topological polar surface area (TPSA) is 0 Å². The number of hydrogen-bond acceptors (Lipinski definition) is 0. The molecule has 0 amide bonds. The first-order valence-electron chi connectivity index (χ1n) is 1.91. The Labute approximate surface area is 28.3 Å². The highest BCUT2D eigenvalue weighted by Crippen LogP contribution is 1.65. The van der Waals surface area contributed by atoms with Crippen molar-refractivity contribution in [3.8, 4) is 0 Å². The van der Waals surface area contributed by atoms with Crippen LogP contribution < -0.4 is 0 Å². The molecule has 0 nitrogen and oxygen atoms in total. The van der Waals surface area contributed by atoms with Gasteiger partial charge in [0.1, 0.15) is 0 Å². The van der Waals surface area contributed by atoms with Gasteiger partial charge >= 0.3 is 0 Å². The molecule has 0 atom stereocenters. The summed E-state index contributed by atoms with van der Waals surface area (Å²) in [7, 11) is 0. The molecule has 24 valence electrons. The lowest BCUT2D eigenvalue weighted by atomic mass is 9.58. The van der Waals surface area contributed by atoms with Gasteiger partial charge in [-0.05, 0) is 0 Å². The van der Waals surface area contributed by atoms with Crippen LogP contribution in [0, 0.1) is 6.82 Å². The molecule has 0 aromatic carbocycles. The number of rotatable bonds is 0. The molecule has 0 bridgehead atoms. The maximum atomic E-state index is 3.72. The van der Waals surface area contributed by atoms with Gasteiger partial charge in [0.05, 0.1) is 0 Å². The third-order valence-electron chi connectivity index (χ3n) is 0. The van der Waals surface area contributed by atoms with Gasteiger partial charge in [-0.3, -0.25) is 0 Å². The minimum absolute atomic E-state index is 0. The summed E-state index contributed by atoms with van der Waals surface area (Å²) in [5, 5.41) is 0. The fourth-order valence-corrected chi connectivity index (χ4v) is 0. The lowest BCUT2D eigenvalue weighted by Gasteiger charge is -1.72. The Balaban J connectivity index is 2.32. The van der Waals surface area contributed by atoms with Crippen molar-refractivity contribution >= 4 is 6.71 Å². The minimum atomic E-state index is 0. The first-order valence-corrected chi connectivity index (χ1v) is 1.91. The van der Waals surface area contributed by atoms with Gasteiger partial charge in [0.15, 0.2) is 6.71 Å². The van der Waals surface area contributed by atoms with Gasteiger partial charge in [-0.1, -0.05) is 0 Å². The van der Waals surface area contributed by atoms with Crippen LogP contribution in [0.4, 0.5) is 0 Å². The molecule has 0 aliphatic heterocycles. The molecule has 0 unspecified atom stereocenters. The van der Waals surface area contributed by atoms with Crippen molar-refractivity contribution in [3.05, 3.63) is 6.82 Å². The molecule has 0 aromatic rings. The molecule has 0 spiro atoms. The molecule has 0 N–H and O–H groups in total. The van der Waals surface area contributed by atoms with Crippen molar-refractivity contribution in [2.75, 3.05) is 0 Å². The summed E-state index contributed by atoms with van der Waals surface area (Å²) in [5.74, 6) is 0. The Morgan fingerprint density at radius 1 is 1.50 bits per heavy atom. The van der Waals surface area contributed by atoms with E-state index in [0.717, 1.165) is 0 Å². The lowest BCUT2D eigenvalue weighted by Crippen LogP contribution is -1.86. The van der Waals surface area contributed by atoms with E-state index >= 15 is 0 Å². The summed E-state index contributed by atoms with van der Waals surface area (Å²) in [4.78, 5) is 0. The van der Waals surface area contributed by atoms with Gasteiger partial charge in [-0.15, -0.1) is 20.5 Å². The molecule has 0 aliphatic carbocycles. The predicted octanol–water partition coefficient (Wildman–Crippen LogP) is 0.846. The van der Waals surface area contributed by atoms with Crippen LogP contribution in [-0.4, -0.2) is 6.71 Å². The van der Waals surface area contributed by atoms with E-state index in [2.05, 4.69) is 20.5 Å². The second-order valence-electron chi connectivity index (χ2n) is 1.71. The van der Waals surface area contributed by atoms with Crippen molar-refractivity contribution in [2.24, 2.45) is 0 Å². The predicted molar refractivity (Wildman–Crippen MR) is 24.2 cm³/mol. The maximum absolute atomic E-state index is 3.72. The molecule has 0 radical (unpaired) electrons. The fourth-order valence-electron chi connectivity index (χ4n) is 0. The molecule has 4 heavy (non-hydrogen) atoms. The van der Waals surface area contributed by atoms with E-state index in [4.69, 9.17) is 0 Å². The zero-order valence-corrected chi connectivity index (χ0v) is 3.41. The Kier molecular flexibility index (Phi) is 1.25. The Bertz CT molecular complexity index is 8.00. The molecular weight excluding hydrogens is 46.8 g/mol. The SMILES string of the molecule is [CH2+][BH-](C)C. The van der Waals surface area contributed by atoms with Gasteiger partial charge in [0.2, 0.25) is 0 Å². The second kappa shape index (κ2) is 1.28. The maximum Gasteiger partial charge on any atom is 0.174 e. The third-order valence-corrected chi connectivity index (χ3v) is 0. The largest absolute Gasteiger partial charge is 0.174 e. The van der Waals surface area contributed by atoms with Crippen LogP contribution in [-0.2, 0) is 0 Å². The van der Waals surface area contributed by atoms with Gasteiger partial charge < -0.3 is 0 Å². The molecule has 0 saturated carbocycles. The van der Waals surface area contributed by atoms with Crippen LogP contribution in [0.25, 0.3) is 0 Å². The van der Waals surface area contributed by atoms with Gasteiger partial charge in [0.25, 0.3) is 0 Å². The fraction of sp³-hybridized carbons (Fsp3) is 0.667. The molecule has 0 fully saturated rings. The summed E-state index contributed by atoms with van der Waals surface area (Å²) in [6, 6.07) is 0. The zero-order valence-electron chi connectivity index (χ0n) is 3.41. The van der Waals surface area contributed by atoms with Crippen LogP contribution in [0.2, 0.25) is 13.6 Å². The van der Waals surface area contributed by atoms with E-state index in [9.17, 15) is 0 Å². The Morgan fingerprint density at radius 2 is 1.50 bits per heavy atom. The second-order valence-corrected chi connectivity index (χ2v) is 1.71. The van der Waals surface area contributed by atoms with Crippen molar-refractivity contribution in [2.45, 2.75) is 13.6 Å². The van der Waals surface area contributed by atoms with Crippen molar-refractivity contribution in [1.82, 2.24) is 0 Å². The van der Waals surface area contributed by atoms with Crippen molar-refractivity contribution in [3.63, 3.8) is 0 Å². The first kappa shape index (κ1) is 3.93. The highest BCUT2D eigenvalue weighted by atomic mass is 13.2. The average molecular weight is 55.9 g/mol. The van der Waals surface area contributed by atoms with Crippen LogP contribution in [0.1, 0.15) is 0 Å². The standard InChI is InChI=1S/C3H9B/c1-4(2)3/h4H,1H2,2-3H3. The summed E-state index contributed by atoms with van der Waals surface area (Å²) in [6.07, 6.45) is 0. The highest BCUT2D eigenvalue weighted by molar-refractivity contribution is 6.57. The molecule has 0 aliphatic rings. The first-order chi connectivity index (χ1) is 1.73. The minimum Gasteiger partial charge on any atom is -0.148 e. The van der Waals surface area contributed by atoms with Crippen LogP contribution in [0.15, 0.2) is 0 Å². The quantitative estimate of drug-likeness (QED) is 0.285. The lowest BCUT2D eigenvalue weighted by molar-refractivity contribution is 2.01. The van der Waals surface area contributed by atoms with E-state index < -0.39 is 0 Å². The van der Waals surface area contributed by atoms with Crippen LogP contribution in [0.3, 0.4) is 0 Å². The molecule has 1 heteroatoms. The Hall–Kier alpha value is -0.0651. The van der Waals surface area contributed by atoms with Gasteiger partial charge in [0, 0.05) is 0 Å². The summed E-state index contributed by atoms with van der Waals surface area (Å²) in [5.41, 5.74) is 0. The van der Waals surface area contributed by atoms with E-state index in [-0.39, 0.29) is 6.71 Å². The van der Waals surface area contributed by atoms with Gasteiger partial charge in [-0.2, -0.15) is 0 Å². The van der Waals surface area contributed by atoms with Crippen LogP contribution >= 0.6 is 0 Å². The average Bonchev–Trinajstić information content (AvgIpc) is 0.811. The van der Waals surface area contributed by atoms with E-state index in [1.807, 2.05) is 0 Å². The molecule has 0 aromatic heterocycles.